The predicted molar refractivity (Wildman–Crippen MR) is 109 cm³/mol. The number of oxazole rings is 1. The van der Waals surface area contributed by atoms with Crippen molar-refractivity contribution in [2.24, 2.45) is 4.99 Å². The molecule has 7 heteroatoms. The summed E-state index contributed by atoms with van der Waals surface area (Å²) in [4.78, 5) is 12.9. The molecule has 3 aromatic rings. The molecular formula is C18H20IN5O. The molecule has 2 N–H and O–H groups in total. The average Bonchev–Trinajstić information content (AvgIpc) is 3.12. The molecule has 0 saturated carbocycles. The molecule has 130 valence electrons. The number of halogens is 1. The summed E-state index contributed by atoms with van der Waals surface area (Å²) in [5.74, 6) is 1.30. The number of rotatable bonds is 5. The molecular weight excluding hydrogens is 429 g/mol. The van der Waals surface area contributed by atoms with E-state index in [0.29, 0.717) is 24.9 Å². The second-order valence-corrected chi connectivity index (χ2v) is 5.11. The lowest BCUT2D eigenvalue weighted by atomic mass is 10.2. The number of nitrogens with one attached hydrogen (secondary N) is 2. The van der Waals surface area contributed by atoms with Gasteiger partial charge in [-0.25, -0.2) is 4.98 Å². The van der Waals surface area contributed by atoms with Gasteiger partial charge in [-0.15, -0.1) is 24.0 Å². The summed E-state index contributed by atoms with van der Waals surface area (Å²) in [5.41, 5.74) is 2.73. The zero-order chi connectivity index (χ0) is 16.6. The summed E-state index contributed by atoms with van der Waals surface area (Å²) in [6, 6.07) is 15.6. The quantitative estimate of drug-likeness (QED) is 0.356. The minimum absolute atomic E-state index is 0. The van der Waals surface area contributed by atoms with E-state index in [1.165, 1.54) is 0 Å². The number of hydrogen-bond acceptors (Lipinski definition) is 4. The second kappa shape index (κ2) is 9.77. The monoisotopic (exact) mass is 449 g/mol. The molecule has 2 aromatic heterocycles. The van der Waals surface area contributed by atoms with Crippen molar-refractivity contribution in [3.63, 3.8) is 0 Å². The molecule has 0 bridgehead atoms. The number of aliphatic imine (C=N–C) groups is 1. The van der Waals surface area contributed by atoms with Gasteiger partial charge in [0.15, 0.2) is 5.96 Å². The Morgan fingerprint density at radius 2 is 1.72 bits per heavy atom. The largest absolute Gasteiger partial charge is 0.444 e. The molecule has 2 heterocycles. The molecule has 0 unspecified atom stereocenters. The lowest BCUT2D eigenvalue weighted by Crippen LogP contribution is -2.36. The first-order valence-corrected chi connectivity index (χ1v) is 7.69. The third-order valence-corrected chi connectivity index (χ3v) is 3.40. The normalized spacial score (nSPS) is 10.8. The Bertz CT molecular complexity index is 789. The molecule has 0 saturated heterocycles. The van der Waals surface area contributed by atoms with Crippen LogP contribution in [0.4, 0.5) is 0 Å². The zero-order valence-electron chi connectivity index (χ0n) is 13.8. The third-order valence-electron chi connectivity index (χ3n) is 3.40. The molecule has 25 heavy (non-hydrogen) atoms. The first-order valence-electron chi connectivity index (χ1n) is 7.69. The average molecular weight is 449 g/mol. The topological polar surface area (TPSA) is 75.3 Å². The van der Waals surface area contributed by atoms with Gasteiger partial charge in [-0.3, -0.25) is 9.98 Å². The Labute approximate surface area is 163 Å². The molecule has 6 nitrogen and oxygen atoms in total. The van der Waals surface area contributed by atoms with Crippen LogP contribution >= 0.6 is 24.0 Å². The van der Waals surface area contributed by atoms with Crippen LogP contribution in [0.1, 0.15) is 11.4 Å². The van der Waals surface area contributed by atoms with Gasteiger partial charge in [-0.2, -0.15) is 0 Å². The van der Waals surface area contributed by atoms with E-state index in [4.69, 9.17) is 4.42 Å². The smallest absolute Gasteiger partial charge is 0.226 e. The van der Waals surface area contributed by atoms with Crippen molar-refractivity contribution < 1.29 is 4.42 Å². The standard InChI is InChI=1S/C18H19N5O.HI/c1-19-18(21-11-15-9-5-6-10-20-15)22-12-16-13-24-17(23-16)14-7-3-2-4-8-14;/h2-10,13H,11-12H2,1H3,(H2,19,21,22);1H. The lowest BCUT2D eigenvalue weighted by molar-refractivity contribution is 0.572. The van der Waals surface area contributed by atoms with Crippen LogP contribution in [-0.2, 0) is 13.1 Å². The highest BCUT2D eigenvalue weighted by Crippen LogP contribution is 2.17. The molecule has 0 atom stereocenters. The Kier molecular flexibility index (Phi) is 7.39. The third kappa shape index (κ3) is 5.56. The van der Waals surface area contributed by atoms with Crippen LogP contribution in [0.3, 0.4) is 0 Å². The van der Waals surface area contributed by atoms with Crippen molar-refractivity contribution in [3.05, 3.63) is 72.4 Å². The van der Waals surface area contributed by atoms with Crippen LogP contribution in [0, 0.1) is 0 Å². The van der Waals surface area contributed by atoms with Crippen molar-refractivity contribution in [2.75, 3.05) is 7.05 Å². The minimum atomic E-state index is 0. The maximum absolute atomic E-state index is 5.52. The fourth-order valence-corrected chi connectivity index (χ4v) is 2.17. The summed E-state index contributed by atoms with van der Waals surface area (Å²) in [6.07, 6.45) is 3.43. The maximum Gasteiger partial charge on any atom is 0.226 e. The molecule has 3 rings (SSSR count). The van der Waals surface area contributed by atoms with E-state index in [9.17, 15) is 0 Å². The fraction of sp³-hybridized carbons (Fsp3) is 0.167. The van der Waals surface area contributed by atoms with Crippen LogP contribution in [0.5, 0.6) is 0 Å². The van der Waals surface area contributed by atoms with Gasteiger partial charge in [0.05, 0.1) is 24.5 Å². The van der Waals surface area contributed by atoms with Crippen LogP contribution in [0.2, 0.25) is 0 Å². The van der Waals surface area contributed by atoms with E-state index in [2.05, 4.69) is 25.6 Å². The molecule has 0 spiro atoms. The van der Waals surface area contributed by atoms with Gasteiger partial charge in [-0.05, 0) is 24.3 Å². The summed E-state index contributed by atoms with van der Waals surface area (Å²) >= 11 is 0. The Hall–Kier alpha value is -2.42. The summed E-state index contributed by atoms with van der Waals surface area (Å²) in [5, 5.41) is 6.42. The van der Waals surface area contributed by atoms with Crippen LogP contribution in [0.25, 0.3) is 11.5 Å². The van der Waals surface area contributed by atoms with E-state index in [0.717, 1.165) is 17.0 Å². The van der Waals surface area contributed by atoms with Gasteiger partial charge < -0.3 is 15.1 Å². The summed E-state index contributed by atoms with van der Waals surface area (Å²) in [7, 11) is 1.73. The molecule has 0 amide bonds. The number of pyridine rings is 1. The summed E-state index contributed by atoms with van der Waals surface area (Å²) in [6.45, 7) is 1.13. The molecule has 0 fully saturated rings. The molecule has 0 aliphatic heterocycles. The number of aromatic nitrogens is 2. The van der Waals surface area contributed by atoms with Crippen LogP contribution < -0.4 is 10.6 Å². The van der Waals surface area contributed by atoms with E-state index >= 15 is 0 Å². The molecule has 1 aromatic carbocycles. The van der Waals surface area contributed by atoms with Crippen molar-refractivity contribution in [3.8, 4) is 11.5 Å². The highest BCUT2D eigenvalue weighted by molar-refractivity contribution is 14.0. The van der Waals surface area contributed by atoms with Crippen molar-refractivity contribution in [1.29, 1.82) is 0 Å². The number of benzene rings is 1. The van der Waals surface area contributed by atoms with Crippen molar-refractivity contribution in [2.45, 2.75) is 13.1 Å². The van der Waals surface area contributed by atoms with Gasteiger partial charge in [0.1, 0.15) is 6.26 Å². The molecule has 0 radical (unpaired) electrons. The van der Waals surface area contributed by atoms with Gasteiger partial charge in [-0.1, -0.05) is 24.3 Å². The van der Waals surface area contributed by atoms with Crippen molar-refractivity contribution >= 4 is 29.9 Å². The van der Waals surface area contributed by atoms with Crippen molar-refractivity contribution in [1.82, 2.24) is 20.6 Å². The first-order chi connectivity index (χ1) is 11.8. The van der Waals surface area contributed by atoms with Crippen LogP contribution in [-0.4, -0.2) is 23.0 Å². The lowest BCUT2D eigenvalue weighted by Gasteiger charge is -2.10. The van der Waals surface area contributed by atoms with Gasteiger partial charge in [0.25, 0.3) is 0 Å². The maximum atomic E-state index is 5.52. The summed E-state index contributed by atoms with van der Waals surface area (Å²) < 4.78 is 5.52. The van der Waals surface area contributed by atoms with Gasteiger partial charge in [0.2, 0.25) is 5.89 Å². The van der Waals surface area contributed by atoms with Gasteiger partial charge in [0, 0.05) is 18.8 Å². The molecule has 0 aliphatic carbocycles. The van der Waals surface area contributed by atoms with E-state index in [1.807, 2.05) is 48.5 Å². The Balaban J connectivity index is 0.00000225. The first kappa shape index (κ1) is 18.9. The second-order valence-electron chi connectivity index (χ2n) is 5.11. The SMILES string of the molecule is CN=C(NCc1ccccn1)NCc1coc(-c2ccccc2)n1.I. The Morgan fingerprint density at radius 3 is 2.40 bits per heavy atom. The minimum Gasteiger partial charge on any atom is -0.444 e. The number of guanidine groups is 1. The zero-order valence-corrected chi connectivity index (χ0v) is 16.2. The van der Waals surface area contributed by atoms with E-state index < -0.39 is 0 Å². The number of nitrogens with zero attached hydrogens (tertiary/aromatic N) is 3. The fourth-order valence-electron chi connectivity index (χ4n) is 2.17. The highest BCUT2D eigenvalue weighted by Gasteiger charge is 2.07. The predicted octanol–water partition coefficient (Wildman–Crippen LogP) is 3.22. The number of hydrogen-bond donors (Lipinski definition) is 2. The Morgan fingerprint density at radius 1 is 1.00 bits per heavy atom. The molecule has 0 aliphatic rings. The highest BCUT2D eigenvalue weighted by atomic mass is 127. The van der Waals surface area contributed by atoms with E-state index in [-0.39, 0.29) is 24.0 Å². The van der Waals surface area contributed by atoms with Crippen LogP contribution in [0.15, 0.2) is 70.4 Å². The van der Waals surface area contributed by atoms with E-state index in [1.54, 1.807) is 19.5 Å². The van der Waals surface area contributed by atoms with Gasteiger partial charge >= 0.3 is 0 Å².